The summed E-state index contributed by atoms with van der Waals surface area (Å²) in [6.07, 6.45) is 1.60. The Bertz CT molecular complexity index is 423. The standard InChI is InChI=1S/C13H16O4/c1-4-5-9-8-10(12(14)16-2)6-7-11(9)13(15)17-3/h6-8H,4-5H2,1-3H3. The summed E-state index contributed by atoms with van der Waals surface area (Å²) in [6, 6.07) is 4.85. The van der Waals surface area contributed by atoms with E-state index >= 15 is 0 Å². The quantitative estimate of drug-likeness (QED) is 0.752. The van der Waals surface area contributed by atoms with Crippen molar-refractivity contribution in [1.29, 1.82) is 0 Å². The molecule has 0 aliphatic heterocycles. The van der Waals surface area contributed by atoms with Gasteiger partial charge in [-0.15, -0.1) is 0 Å². The topological polar surface area (TPSA) is 52.6 Å². The Morgan fingerprint density at radius 3 is 2.29 bits per heavy atom. The van der Waals surface area contributed by atoms with Gasteiger partial charge in [0.1, 0.15) is 0 Å². The zero-order chi connectivity index (χ0) is 12.8. The number of carbonyl (C=O) groups excluding carboxylic acids is 2. The molecule has 1 aromatic rings. The third-order valence-corrected chi connectivity index (χ3v) is 2.45. The lowest BCUT2D eigenvalue weighted by atomic mass is 10.00. The number of esters is 2. The smallest absolute Gasteiger partial charge is 0.338 e. The number of hydrogen-bond donors (Lipinski definition) is 0. The van der Waals surface area contributed by atoms with Crippen LogP contribution in [0.1, 0.15) is 39.6 Å². The second-order valence-electron chi connectivity index (χ2n) is 3.61. The van der Waals surface area contributed by atoms with Crippen molar-refractivity contribution in [3.05, 3.63) is 34.9 Å². The minimum Gasteiger partial charge on any atom is -0.465 e. The molecule has 4 heteroatoms. The van der Waals surface area contributed by atoms with Crippen LogP contribution in [0.15, 0.2) is 18.2 Å². The number of aryl methyl sites for hydroxylation is 1. The van der Waals surface area contributed by atoms with Crippen molar-refractivity contribution < 1.29 is 19.1 Å². The Balaban J connectivity index is 3.16. The maximum Gasteiger partial charge on any atom is 0.338 e. The van der Waals surface area contributed by atoms with E-state index in [0.29, 0.717) is 11.1 Å². The average molecular weight is 236 g/mol. The summed E-state index contributed by atoms with van der Waals surface area (Å²) in [7, 11) is 2.67. The Kier molecular flexibility index (Phi) is 4.69. The molecule has 0 fully saturated rings. The van der Waals surface area contributed by atoms with Crippen molar-refractivity contribution in [2.24, 2.45) is 0 Å². The zero-order valence-electron chi connectivity index (χ0n) is 10.3. The summed E-state index contributed by atoms with van der Waals surface area (Å²) in [5, 5.41) is 0. The van der Waals surface area contributed by atoms with Crippen LogP contribution in [-0.2, 0) is 15.9 Å². The number of rotatable bonds is 4. The van der Waals surface area contributed by atoms with Gasteiger partial charge in [0, 0.05) is 0 Å². The molecule has 0 aromatic heterocycles. The highest BCUT2D eigenvalue weighted by Gasteiger charge is 2.14. The number of benzene rings is 1. The third-order valence-electron chi connectivity index (χ3n) is 2.45. The van der Waals surface area contributed by atoms with Crippen LogP contribution < -0.4 is 0 Å². The molecule has 0 saturated heterocycles. The van der Waals surface area contributed by atoms with Gasteiger partial charge in [0.2, 0.25) is 0 Å². The molecule has 1 aromatic carbocycles. The Morgan fingerprint density at radius 2 is 1.76 bits per heavy atom. The van der Waals surface area contributed by atoms with Crippen molar-refractivity contribution in [2.75, 3.05) is 14.2 Å². The zero-order valence-corrected chi connectivity index (χ0v) is 10.3. The SMILES string of the molecule is CCCc1cc(C(=O)OC)ccc1C(=O)OC. The first-order chi connectivity index (χ1) is 8.13. The lowest BCUT2D eigenvalue weighted by Gasteiger charge is -2.08. The lowest BCUT2D eigenvalue weighted by Crippen LogP contribution is -2.09. The van der Waals surface area contributed by atoms with Gasteiger partial charge >= 0.3 is 11.9 Å². The predicted molar refractivity (Wildman–Crippen MR) is 63.1 cm³/mol. The minimum atomic E-state index is -0.404. The highest BCUT2D eigenvalue weighted by Crippen LogP contribution is 2.16. The van der Waals surface area contributed by atoms with Crippen molar-refractivity contribution in [2.45, 2.75) is 19.8 Å². The van der Waals surface area contributed by atoms with Gasteiger partial charge in [0.15, 0.2) is 0 Å². The summed E-state index contributed by atoms with van der Waals surface area (Å²) in [5.74, 6) is -0.788. The van der Waals surface area contributed by atoms with E-state index in [4.69, 9.17) is 4.74 Å². The van der Waals surface area contributed by atoms with Gasteiger partial charge in [-0.3, -0.25) is 0 Å². The molecule has 0 saturated carbocycles. The molecule has 4 nitrogen and oxygen atoms in total. The molecule has 0 N–H and O–H groups in total. The molecule has 92 valence electrons. The van der Waals surface area contributed by atoms with Crippen molar-refractivity contribution in [1.82, 2.24) is 0 Å². The molecule has 0 bridgehead atoms. The first-order valence-corrected chi connectivity index (χ1v) is 5.43. The second-order valence-corrected chi connectivity index (χ2v) is 3.61. The second kappa shape index (κ2) is 6.03. The average Bonchev–Trinajstić information content (AvgIpc) is 2.37. The molecule has 0 aliphatic rings. The lowest BCUT2D eigenvalue weighted by molar-refractivity contribution is 0.0585. The fourth-order valence-electron chi connectivity index (χ4n) is 1.62. The van der Waals surface area contributed by atoms with Gasteiger partial charge in [-0.1, -0.05) is 13.3 Å². The summed E-state index contributed by atoms with van der Waals surface area (Å²) < 4.78 is 9.34. The van der Waals surface area contributed by atoms with Gasteiger partial charge in [0.25, 0.3) is 0 Å². The number of ether oxygens (including phenoxy) is 2. The summed E-state index contributed by atoms with van der Waals surface area (Å²) >= 11 is 0. The summed E-state index contributed by atoms with van der Waals surface area (Å²) in [5.41, 5.74) is 1.76. The molecule has 17 heavy (non-hydrogen) atoms. The molecule has 0 aliphatic carbocycles. The summed E-state index contributed by atoms with van der Waals surface area (Å²) in [4.78, 5) is 22.9. The molecule has 0 amide bonds. The Morgan fingerprint density at radius 1 is 1.12 bits per heavy atom. The van der Waals surface area contributed by atoms with Gasteiger partial charge in [-0.25, -0.2) is 9.59 Å². The fraction of sp³-hybridized carbons (Fsp3) is 0.385. The van der Waals surface area contributed by atoms with Crippen LogP contribution in [0.5, 0.6) is 0 Å². The van der Waals surface area contributed by atoms with Crippen LogP contribution in [-0.4, -0.2) is 26.2 Å². The molecule has 0 heterocycles. The van der Waals surface area contributed by atoms with Gasteiger partial charge in [0.05, 0.1) is 25.3 Å². The van der Waals surface area contributed by atoms with E-state index in [0.717, 1.165) is 18.4 Å². The van der Waals surface area contributed by atoms with E-state index in [-0.39, 0.29) is 5.97 Å². The predicted octanol–water partition coefficient (Wildman–Crippen LogP) is 2.21. The normalized spacial score (nSPS) is 9.82. The van der Waals surface area contributed by atoms with Gasteiger partial charge in [-0.05, 0) is 30.2 Å². The van der Waals surface area contributed by atoms with Crippen LogP contribution in [0.3, 0.4) is 0 Å². The van der Waals surface area contributed by atoms with Gasteiger partial charge < -0.3 is 9.47 Å². The van der Waals surface area contributed by atoms with Crippen LogP contribution in [0.25, 0.3) is 0 Å². The molecular weight excluding hydrogens is 220 g/mol. The van der Waals surface area contributed by atoms with E-state index in [1.54, 1.807) is 18.2 Å². The molecule has 0 unspecified atom stereocenters. The van der Waals surface area contributed by atoms with Crippen molar-refractivity contribution in [3.63, 3.8) is 0 Å². The minimum absolute atomic E-state index is 0.384. The van der Waals surface area contributed by atoms with Crippen molar-refractivity contribution >= 4 is 11.9 Å². The highest BCUT2D eigenvalue weighted by molar-refractivity contribution is 5.94. The summed E-state index contributed by atoms with van der Waals surface area (Å²) in [6.45, 7) is 2.01. The molecular formula is C13H16O4. The first-order valence-electron chi connectivity index (χ1n) is 5.43. The number of methoxy groups -OCH3 is 2. The largest absolute Gasteiger partial charge is 0.465 e. The van der Waals surface area contributed by atoms with E-state index < -0.39 is 5.97 Å². The van der Waals surface area contributed by atoms with E-state index in [2.05, 4.69) is 4.74 Å². The molecule has 1 rings (SSSR count). The Hall–Kier alpha value is -1.84. The first kappa shape index (κ1) is 13.2. The van der Waals surface area contributed by atoms with E-state index in [1.807, 2.05) is 6.92 Å². The molecule has 0 radical (unpaired) electrons. The molecule has 0 spiro atoms. The van der Waals surface area contributed by atoms with Crippen molar-refractivity contribution in [3.8, 4) is 0 Å². The van der Waals surface area contributed by atoms with E-state index in [9.17, 15) is 9.59 Å². The number of hydrogen-bond acceptors (Lipinski definition) is 4. The highest BCUT2D eigenvalue weighted by atomic mass is 16.5. The van der Waals surface area contributed by atoms with Crippen LogP contribution in [0, 0.1) is 0 Å². The van der Waals surface area contributed by atoms with E-state index in [1.165, 1.54) is 14.2 Å². The fourth-order valence-corrected chi connectivity index (χ4v) is 1.62. The van der Waals surface area contributed by atoms with Crippen LogP contribution in [0.2, 0.25) is 0 Å². The number of carbonyl (C=O) groups is 2. The van der Waals surface area contributed by atoms with Gasteiger partial charge in [-0.2, -0.15) is 0 Å². The van der Waals surface area contributed by atoms with Crippen LogP contribution in [0.4, 0.5) is 0 Å². The van der Waals surface area contributed by atoms with Crippen LogP contribution >= 0.6 is 0 Å². The monoisotopic (exact) mass is 236 g/mol. The maximum atomic E-state index is 11.5. The molecule has 0 atom stereocenters. The maximum absolute atomic E-state index is 11.5. The Labute approximate surface area is 101 Å². The third kappa shape index (κ3) is 3.06.